The number of nitrogens with zero attached hydrogens (tertiary/aromatic N) is 1. The number of hydrogen-bond donors (Lipinski definition) is 0. The van der Waals surface area contributed by atoms with Crippen LogP contribution in [0, 0.1) is 17.6 Å². The lowest BCUT2D eigenvalue weighted by Gasteiger charge is -2.28. The van der Waals surface area contributed by atoms with E-state index in [1.807, 2.05) is 0 Å². The van der Waals surface area contributed by atoms with Crippen molar-refractivity contribution in [2.75, 3.05) is 6.54 Å². The fourth-order valence-corrected chi connectivity index (χ4v) is 3.53. The standard InChI is InChI=1S/C16H17F2NO2/c17-10-6-7-11(13(18)9-10)16(21)19-8-2-4-14(19)12-3-1-5-15(12)20/h6-7,9,12,14H,1-5,8H2. The molecule has 2 atom stereocenters. The van der Waals surface area contributed by atoms with Crippen LogP contribution in [0.2, 0.25) is 0 Å². The molecular formula is C16H17F2NO2. The van der Waals surface area contributed by atoms with Crippen LogP contribution in [0.5, 0.6) is 0 Å². The first-order valence-electron chi connectivity index (χ1n) is 7.36. The molecule has 1 amide bonds. The van der Waals surface area contributed by atoms with Gasteiger partial charge >= 0.3 is 0 Å². The zero-order valence-corrected chi connectivity index (χ0v) is 11.6. The fourth-order valence-electron chi connectivity index (χ4n) is 3.53. The average molecular weight is 293 g/mol. The Kier molecular flexibility index (Phi) is 3.74. The van der Waals surface area contributed by atoms with Gasteiger partial charge in [0.05, 0.1) is 5.56 Å². The Morgan fingerprint density at radius 3 is 2.67 bits per heavy atom. The molecule has 5 heteroatoms. The van der Waals surface area contributed by atoms with Crippen molar-refractivity contribution in [3.05, 3.63) is 35.4 Å². The molecule has 1 saturated carbocycles. The summed E-state index contributed by atoms with van der Waals surface area (Å²) in [6.45, 7) is 0.532. The number of carbonyl (C=O) groups excluding carboxylic acids is 2. The summed E-state index contributed by atoms with van der Waals surface area (Å²) in [5.74, 6) is -1.88. The van der Waals surface area contributed by atoms with Crippen LogP contribution in [0.25, 0.3) is 0 Å². The van der Waals surface area contributed by atoms with Crippen molar-refractivity contribution in [1.82, 2.24) is 4.90 Å². The number of benzene rings is 1. The Balaban J connectivity index is 1.84. The molecule has 1 aliphatic carbocycles. The number of halogens is 2. The van der Waals surface area contributed by atoms with E-state index >= 15 is 0 Å². The predicted molar refractivity (Wildman–Crippen MR) is 72.8 cm³/mol. The Labute approximate surface area is 121 Å². The van der Waals surface area contributed by atoms with Crippen molar-refractivity contribution >= 4 is 11.7 Å². The van der Waals surface area contributed by atoms with Crippen LogP contribution < -0.4 is 0 Å². The van der Waals surface area contributed by atoms with Crippen LogP contribution in [-0.2, 0) is 4.79 Å². The van der Waals surface area contributed by atoms with E-state index in [2.05, 4.69) is 0 Å². The van der Waals surface area contributed by atoms with Gasteiger partial charge in [-0.25, -0.2) is 8.78 Å². The van der Waals surface area contributed by atoms with Crippen LogP contribution >= 0.6 is 0 Å². The smallest absolute Gasteiger partial charge is 0.257 e. The summed E-state index contributed by atoms with van der Waals surface area (Å²) in [7, 11) is 0. The molecule has 21 heavy (non-hydrogen) atoms. The molecule has 3 nitrogen and oxygen atoms in total. The number of Topliss-reactive ketones (excluding diaryl/α,β-unsaturated/α-hetero) is 1. The first-order chi connectivity index (χ1) is 10.1. The highest BCUT2D eigenvalue weighted by Gasteiger charge is 2.40. The summed E-state index contributed by atoms with van der Waals surface area (Å²) in [6, 6.07) is 2.86. The molecule has 0 N–H and O–H groups in total. The van der Waals surface area contributed by atoms with E-state index in [9.17, 15) is 18.4 Å². The lowest BCUT2D eigenvalue weighted by molar-refractivity contribution is -0.121. The van der Waals surface area contributed by atoms with Gasteiger partial charge in [-0.3, -0.25) is 9.59 Å². The molecule has 0 spiro atoms. The minimum absolute atomic E-state index is 0.111. The number of rotatable bonds is 2. The van der Waals surface area contributed by atoms with Gasteiger partial charge in [0.15, 0.2) is 0 Å². The monoisotopic (exact) mass is 293 g/mol. The summed E-state index contributed by atoms with van der Waals surface area (Å²) in [5.41, 5.74) is -0.117. The topological polar surface area (TPSA) is 37.4 Å². The lowest BCUT2D eigenvalue weighted by Crippen LogP contribution is -2.41. The van der Waals surface area contributed by atoms with E-state index in [-0.39, 0.29) is 23.3 Å². The van der Waals surface area contributed by atoms with Crippen LogP contribution in [0.15, 0.2) is 18.2 Å². The first kappa shape index (κ1) is 14.2. The second-order valence-corrected chi connectivity index (χ2v) is 5.80. The van der Waals surface area contributed by atoms with Gasteiger partial charge < -0.3 is 4.90 Å². The maximum absolute atomic E-state index is 13.8. The van der Waals surface area contributed by atoms with E-state index in [4.69, 9.17) is 0 Å². The molecule has 1 aliphatic heterocycles. The quantitative estimate of drug-likeness (QED) is 0.840. The third-order valence-corrected chi connectivity index (χ3v) is 4.54. The fraction of sp³-hybridized carbons (Fsp3) is 0.500. The molecule has 112 valence electrons. The molecule has 1 heterocycles. The summed E-state index contributed by atoms with van der Waals surface area (Å²) >= 11 is 0. The summed E-state index contributed by atoms with van der Waals surface area (Å²) in [4.78, 5) is 26.0. The molecule has 2 fully saturated rings. The number of likely N-dealkylation sites (tertiary alicyclic amines) is 1. The molecule has 1 aromatic rings. The minimum atomic E-state index is -0.844. The normalized spacial score (nSPS) is 25.6. The van der Waals surface area contributed by atoms with Gasteiger partial charge in [-0.15, -0.1) is 0 Å². The van der Waals surface area contributed by atoms with E-state index in [1.165, 1.54) is 6.07 Å². The highest BCUT2D eigenvalue weighted by Crippen LogP contribution is 2.34. The van der Waals surface area contributed by atoms with Crippen molar-refractivity contribution in [3.63, 3.8) is 0 Å². The van der Waals surface area contributed by atoms with Crippen molar-refractivity contribution < 1.29 is 18.4 Å². The van der Waals surface area contributed by atoms with Crippen LogP contribution in [0.3, 0.4) is 0 Å². The van der Waals surface area contributed by atoms with Crippen LogP contribution in [-0.4, -0.2) is 29.2 Å². The van der Waals surface area contributed by atoms with Gasteiger partial charge in [-0.1, -0.05) is 0 Å². The molecular weight excluding hydrogens is 276 g/mol. The van der Waals surface area contributed by atoms with Gasteiger partial charge in [0.2, 0.25) is 0 Å². The third kappa shape index (κ3) is 2.57. The molecule has 2 aliphatic rings. The van der Waals surface area contributed by atoms with Gasteiger partial charge in [-0.05, 0) is 37.8 Å². The first-order valence-corrected chi connectivity index (χ1v) is 7.36. The number of ketones is 1. The summed E-state index contributed by atoms with van der Waals surface area (Å²) in [5, 5.41) is 0. The molecule has 1 saturated heterocycles. The zero-order chi connectivity index (χ0) is 15.0. The van der Waals surface area contributed by atoms with Crippen molar-refractivity contribution in [2.45, 2.75) is 38.1 Å². The highest BCUT2D eigenvalue weighted by atomic mass is 19.1. The van der Waals surface area contributed by atoms with Crippen LogP contribution in [0.1, 0.15) is 42.5 Å². The predicted octanol–water partition coefficient (Wildman–Crippen LogP) is 2.94. The molecule has 0 aromatic heterocycles. The Bertz CT molecular complexity index is 588. The molecule has 0 radical (unpaired) electrons. The third-order valence-electron chi connectivity index (χ3n) is 4.54. The van der Waals surface area contributed by atoms with Gasteiger partial charge in [-0.2, -0.15) is 0 Å². The van der Waals surface area contributed by atoms with E-state index in [0.717, 1.165) is 37.8 Å². The Morgan fingerprint density at radius 1 is 1.19 bits per heavy atom. The van der Waals surface area contributed by atoms with E-state index < -0.39 is 17.5 Å². The van der Waals surface area contributed by atoms with E-state index in [1.54, 1.807) is 4.90 Å². The SMILES string of the molecule is O=C1CCCC1C1CCCN1C(=O)c1ccc(F)cc1F. The largest absolute Gasteiger partial charge is 0.335 e. The lowest BCUT2D eigenvalue weighted by atomic mass is 9.94. The maximum atomic E-state index is 13.8. The van der Waals surface area contributed by atoms with Crippen molar-refractivity contribution in [3.8, 4) is 0 Å². The Hall–Kier alpha value is -1.78. The highest BCUT2D eigenvalue weighted by molar-refractivity contribution is 5.95. The van der Waals surface area contributed by atoms with E-state index in [0.29, 0.717) is 13.0 Å². The minimum Gasteiger partial charge on any atom is -0.335 e. The number of carbonyl (C=O) groups is 2. The van der Waals surface area contributed by atoms with Crippen LogP contribution in [0.4, 0.5) is 8.78 Å². The van der Waals surface area contributed by atoms with Crippen molar-refractivity contribution in [1.29, 1.82) is 0 Å². The molecule has 1 aromatic carbocycles. The summed E-state index contributed by atoms with van der Waals surface area (Å²) < 4.78 is 26.7. The second kappa shape index (κ2) is 5.54. The zero-order valence-electron chi connectivity index (χ0n) is 11.6. The average Bonchev–Trinajstić information content (AvgIpc) is 3.06. The van der Waals surface area contributed by atoms with Gasteiger partial charge in [0.1, 0.15) is 17.4 Å². The second-order valence-electron chi connectivity index (χ2n) is 5.80. The maximum Gasteiger partial charge on any atom is 0.257 e. The number of amides is 1. The summed E-state index contributed by atoms with van der Waals surface area (Å²) in [6.07, 6.45) is 3.86. The van der Waals surface area contributed by atoms with Crippen molar-refractivity contribution in [2.24, 2.45) is 5.92 Å². The van der Waals surface area contributed by atoms with Gasteiger partial charge in [0.25, 0.3) is 5.91 Å². The van der Waals surface area contributed by atoms with Gasteiger partial charge in [0, 0.05) is 31.0 Å². The molecule has 3 rings (SSSR count). The Morgan fingerprint density at radius 2 is 2.00 bits per heavy atom. The molecule has 0 bridgehead atoms. The molecule has 2 unspecified atom stereocenters. The number of hydrogen-bond acceptors (Lipinski definition) is 2.